The van der Waals surface area contributed by atoms with Crippen molar-refractivity contribution in [2.75, 3.05) is 14.2 Å². The molecule has 124 valence electrons. The SMILES string of the molecule is COc1cc(OC)c2c([Se]c3ccccc3)cc3ccccc3c2c1. The second kappa shape index (κ2) is 6.79. The van der Waals surface area contributed by atoms with Gasteiger partial charge in [-0.25, -0.2) is 0 Å². The zero-order valence-electron chi connectivity index (χ0n) is 14.2. The van der Waals surface area contributed by atoms with Gasteiger partial charge in [0.1, 0.15) is 0 Å². The van der Waals surface area contributed by atoms with Crippen LogP contribution < -0.4 is 18.4 Å². The van der Waals surface area contributed by atoms with E-state index < -0.39 is 0 Å². The molecule has 0 unspecified atom stereocenters. The molecule has 0 saturated carbocycles. The Morgan fingerprint density at radius 2 is 1.48 bits per heavy atom. The average Bonchev–Trinajstić information content (AvgIpc) is 2.68. The summed E-state index contributed by atoms with van der Waals surface area (Å²) in [6.45, 7) is 0. The van der Waals surface area contributed by atoms with Gasteiger partial charge in [0.25, 0.3) is 0 Å². The van der Waals surface area contributed by atoms with Gasteiger partial charge in [0.2, 0.25) is 0 Å². The topological polar surface area (TPSA) is 18.5 Å². The second-order valence-electron chi connectivity index (χ2n) is 5.76. The number of ether oxygens (including phenoxy) is 2. The van der Waals surface area contributed by atoms with Crippen LogP contribution in [0.1, 0.15) is 0 Å². The standard InChI is InChI=1S/C22H18O2Se/c1-23-16-13-19-18-11-7-6-8-15(18)12-21(22(19)20(14-16)24-2)25-17-9-4-3-5-10-17/h3-14H,1-2H3. The molecule has 0 aliphatic rings. The van der Waals surface area contributed by atoms with Gasteiger partial charge in [0, 0.05) is 0 Å². The number of benzene rings is 4. The van der Waals surface area contributed by atoms with E-state index in [9.17, 15) is 0 Å². The summed E-state index contributed by atoms with van der Waals surface area (Å²) < 4.78 is 13.9. The molecule has 0 aromatic heterocycles. The van der Waals surface area contributed by atoms with E-state index in [2.05, 4.69) is 66.7 Å². The first-order chi connectivity index (χ1) is 12.3. The van der Waals surface area contributed by atoms with Gasteiger partial charge in [-0.2, -0.15) is 0 Å². The summed E-state index contributed by atoms with van der Waals surface area (Å²) in [7, 11) is 3.42. The molecule has 0 saturated heterocycles. The summed E-state index contributed by atoms with van der Waals surface area (Å²) in [5.74, 6) is 1.69. The van der Waals surface area contributed by atoms with Crippen LogP contribution in [0.3, 0.4) is 0 Å². The molecular weight excluding hydrogens is 375 g/mol. The van der Waals surface area contributed by atoms with Gasteiger partial charge in [-0.05, 0) is 0 Å². The zero-order valence-corrected chi connectivity index (χ0v) is 15.9. The molecule has 4 aromatic carbocycles. The van der Waals surface area contributed by atoms with Crippen molar-refractivity contribution in [2.24, 2.45) is 0 Å². The molecule has 0 N–H and O–H groups in total. The summed E-state index contributed by atoms with van der Waals surface area (Å²) in [5.41, 5.74) is 0. The third-order valence-corrected chi connectivity index (χ3v) is 6.49. The van der Waals surface area contributed by atoms with Crippen molar-refractivity contribution in [1.29, 1.82) is 0 Å². The molecule has 4 rings (SSSR count). The normalized spacial score (nSPS) is 11.0. The van der Waals surface area contributed by atoms with Crippen LogP contribution in [0, 0.1) is 0 Å². The molecule has 25 heavy (non-hydrogen) atoms. The number of hydrogen-bond acceptors (Lipinski definition) is 2. The van der Waals surface area contributed by atoms with E-state index in [0.717, 1.165) is 11.5 Å². The minimum absolute atomic E-state index is 0.200. The van der Waals surface area contributed by atoms with Crippen molar-refractivity contribution in [3.05, 3.63) is 72.8 Å². The minimum atomic E-state index is 0.200. The molecule has 0 atom stereocenters. The van der Waals surface area contributed by atoms with Crippen LogP contribution in [0.2, 0.25) is 0 Å². The maximum absolute atomic E-state index is 5.73. The van der Waals surface area contributed by atoms with E-state index in [1.165, 1.54) is 30.5 Å². The van der Waals surface area contributed by atoms with Crippen molar-refractivity contribution in [2.45, 2.75) is 0 Å². The van der Waals surface area contributed by atoms with Gasteiger partial charge in [-0.1, -0.05) is 0 Å². The Morgan fingerprint density at radius 1 is 0.720 bits per heavy atom. The molecule has 3 heteroatoms. The van der Waals surface area contributed by atoms with Crippen LogP contribution in [-0.4, -0.2) is 29.2 Å². The Labute approximate surface area is 153 Å². The summed E-state index contributed by atoms with van der Waals surface area (Å²) in [5, 5.41) is 4.84. The number of hydrogen-bond donors (Lipinski definition) is 0. The van der Waals surface area contributed by atoms with Crippen molar-refractivity contribution >= 4 is 45.4 Å². The predicted molar refractivity (Wildman–Crippen MR) is 106 cm³/mol. The van der Waals surface area contributed by atoms with Crippen LogP contribution in [0.4, 0.5) is 0 Å². The fraction of sp³-hybridized carbons (Fsp3) is 0.0909. The van der Waals surface area contributed by atoms with Crippen LogP contribution in [0.15, 0.2) is 72.8 Å². The molecule has 0 heterocycles. The Bertz CT molecular complexity index is 1040. The molecule has 0 aliphatic heterocycles. The molecule has 0 amide bonds. The average molecular weight is 393 g/mol. The fourth-order valence-corrected chi connectivity index (χ4v) is 5.31. The van der Waals surface area contributed by atoms with E-state index in [4.69, 9.17) is 9.47 Å². The first-order valence-corrected chi connectivity index (χ1v) is 9.82. The number of fused-ring (bicyclic) bond motifs is 3. The van der Waals surface area contributed by atoms with Crippen molar-refractivity contribution in [3.8, 4) is 11.5 Å². The summed E-state index contributed by atoms with van der Waals surface area (Å²) in [4.78, 5) is 0. The van der Waals surface area contributed by atoms with E-state index in [-0.39, 0.29) is 15.0 Å². The molecule has 0 aliphatic carbocycles. The Kier molecular flexibility index (Phi) is 4.35. The molecular formula is C22H18O2Se. The van der Waals surface area contributed by atoms with Crippen LogP contribution >= 0.6 is 0 Å². The van der Waals surface area contributed by atoms with Crippen molar-refractivity contribution in [3.63, 3.8) is 0 Å². The van der Waals surface area contributed by atoms with Crippen LogP contribution in [-0.2, 0) is 0 Å². The molecule has 2 nitrogen and oxygen atoms in total. The third kappa shape index (κ3) is 2.97. The van der Waals surface area contributed by atoms with E-state index in [1.54, 1.807) is 14.2 Å². The van der Waals surface area contributed by atoms with Crippen molar-refractivity contribution in [1.82, 2.24) is 0 Å². The molecule has 4 aromatic rings. The van der Waals surface area contributed by atoms with Gasteiger partial charge in [0.15, 0.2) is 0 Å². The van der Waals surface area contributed by atoms with E-state index in [0.29, 0.717) is 0 Å². The second-order valence-corrected chi connectivity index (χ2v) is 8.10. The van der Waals surface area contributed by atoms with Gasteiger partial charge in [-0.3, -0.25) is 0 Å². The van der Waals surface area contributed by atoms with Crippen molar-refractivity contribution < 1.29 is 9.47 Å². The summed E-state index contributed by atoms with van der Waals surface area (Å²) in [6, 6.07) is 25.5. The summed E-state index contributed by atoms with van der Waals surface area (Å²) >= 11 is 0.200. The molecule has 0 spiro atoms. The summed E-state index contributed by atoms with van der Waals surface area (Å²) in [6.07, 6.45) is 0. The first-order valence-electron chi connectivity index (χ1n) is 8.10. The van der Waals surface area contributed by atoms with Crippen LogP contribution in [0.5, 0.6) is 11.5 Å². The number of rotatable bonds is 4. The monoisotopic (exact) mass is 394 g/mol. The molecule has 0 bridgehead atoms. The third-order valence-electron chi connectivity index (χ3n) is 4.29. The maximum atomic E-state index is 5.73. The quantitative estimate of drug-likeness (QED) is 0.389. The first kappa shape index (κ1) is 16.0. The molecule has 0 fully saturated rings. The van der Waals surface area contributed by atoms with Gasteiger partial charge in [-0.15, -0.1) is 0 Å². The Hall–Kier alpha value is -2.48. The zero-order chi connectivity index (χ0) is 17.2. The molecule has 0 radical (unpaired) electrons. The van der Waals surface area contributed by atoms with Gasteiger partial charge in [0.05, 0.1) is 0 Å². The predicted octanol–water partition coefficient (Wildman–Crippen LogP) is 3.67. The number of methoxy groups -OCH3 is 2. The van der Waals surface area contributed by atoms with Gasteiger partial charge >= 0.3 is 153 Å². The van der Waals surface area contributed by atoms with E-state index in [1.807, 2.05) is 6.07 Å². The Morgan fingerprint density at radius 3 is 2.24 bits per heavy atom. The fourth-order valence-electron chi connectivity index (χ4n) is 3.11. The van der Waals surface area contributed by atoms with Crippen LogP contribution in [0.25, 0.3) is 21.5 Å². The van der Waals surface area contributed by atoms with E-state index >= 15 is 0 Å². The van der Waals surface area contributed by atoms with Gasteiger partial charge < -0.3 is 0 Å². The Balaban J connectivity index is 2.06.